The molecule has 0 aliphatic heterocycles. The molecule has 1 aromatic carbocycles. The van der Waals surface area contributed by atoms with E-state index >= 15 is 0 Å². The van der Waals surface area contributed by atoms with Crippen LogP contribution in [0, 0.1) is 29.6 Å². The van der Waals surface area contributed by atoms with E-state index in [1.54, 1.807) is 0 Å². The summed E-state index contributed by atoms with van der Waals surface area (Å²) in [5, 5.41) is 6.38. The number of carbonyl (C=O) groups is 1. The lowest BCUT2D eigenvalue weighted by atomic mass is 9.47. The van der Waals surface area contributed by atoms with Crippen molar-refractivity contribution in [2.24, 2.45) is 29.6 Å². The molecule has 0 saturated heterocycles. The van der Waals surface area contributed by atoms with E-state index < -0.39 is 0 Å². The highest BCUT2D eigenvalue weighted by Gasteiger charge is 2.56. The molecule has 0 aromatic heterocycles. The summed E-state index contributed by atoms with van der Waals surface area (Å²) in [6.45, 7) is 4.77. The molecular formula is C20H28N2O. The molecule has 3 heteroatoms. The van der Waals surface area contributed by atoms with E-state index in [2.05, 4.69) is 24.5 Å². The van der Waals surface area contributed by atoms with Gasteiger partial charge in [0, 0.05) is 11.2 Å². The van der Waals surface area contributed by atoms with E-state index in [0.717, 1.165) is 35.3 Å². The third kappa shape index (κ3) is 2.75. The largest absolute Gasteiger partial charge is 0.332 e. The molecule has 4 fully saturated rings. The molecule has 0 spiro atoms. The van der Waals surface area contributed by atoms with Crippen LogP contribution in [-0.2, 0) is 0 Å². The maximum absolute atomic E-state index is 12.5. The molecule has 3 nitrogen and oxygen atoms in total. The van der Waals surface area contributed by atoms with Gasteiger partial charge in [-0.25, -0.2) is 4.79 Å². The van der Waals surface area contributed by atoms with Gasteiger partial charge >= 0.3 is 6.03 Å². The second kappa shape index (κ2) is 5.54. The molecule has 23 heavy (non-hydrogen) atoms. The Bertz CT molecular complexity index is 567. The molecule has 0 radical (unpaired) electrons. The number of amides is 2. The van der Waals surface area contributed by atoms with Crippen LogP contribution in [-0.4, -0.2) is 11.6 Å². The molecule has 124 valence electrons. The fraction of sp³-hybridized carbons (Fsp3) is 0.650. The number of hydrogen-bond acceptors (Lipinski definition) is 1. The molecule has 5 rings (SSSR count). The third-order valence-electron chi connectivity index (χ3n) is 6.53. The summed E-state index contributed by atoms with van der Waals surface area (Å²) in [4.78, 5) is 12.5. The van der Waals surface area contributed by atoms with Crippen LogP contribution in [0.25, 0.3) is 0 Å². The molecule has 1 aromatic rings. The summed E-state index contributed by atoms with van der Waals surface area (Å²) >= 11 is 0. The van der Waals surface area contributed by atoms with Crippen LogP contribution in [0.4, 0.5) is 10.5 Å². The van der Waals surface area contributed by atoms with Gasteiger partial charge < -0.3 is 10.6 Å². The van der Waals surface area contributed by atoms with Crippen molar-refractivity contribution in [2.75, 3.05) is 5.32 Å². The smallest absolute Gasteiger partial charge is 0.319 e. The Morgan fingerprint density at radius 3 is 2.35 bits per heavy atom. The molecule has 2 unspecified atom stereocenters. The van der Waals surface area contributed by atoms with E-state index in [-0.39, 0.29) is 11.6 Å². The Kier molecular flexibility index (Phi) is 3.62. The lowest BCUT2D eigenvalue weighted by Crippen LogP contribution is -2.63. The molecule has 4 aliphatic carbocycles. The van der Waals surface area contributed by atoms with Gasteiger partial charge in [0.1, 0.15) is 0 Å². The Morgan fingerprint density at radius 1 is 1.09 bits per heavy atom. The number of anilines is 1. The minimum atomic E-state index is -0.0285. The summed E-state index contributed by atoms with van der Waals surface area (Å²) in [5.74, 6) is 4.12. The molecule has 4 saturated carbocycles. The van der Waals surface area contributed by atoms with Crippen LogP contribution in [0.15, 0.2) is 30.3 Å². The number of nitrogens with one attached hydrogen (secondary N) is 2. The normalized spacial score (nSPS) is 37.9. The van der Waals surface area contributed by atoms with Gasteiger partial charge in [0.15, 0.2) is 0 Å². The molecule has 2 atom stereocenters. The summed E-state index contributed by atoms with van der Waals surface area (Å²) < 4.78 is 0. The first-order valence-corrected chi connectivity index (χ1v) is 9.19. The van der Waals surface area contributed by atoms with Gasteiger partial charge in [-0.1, -0.05) is 32.0 Å². The zero-order valence-electron chi connectivity index (χ0n) is 14.2. The first-order chi connectivity index (χ1) is 11.0. The fourth-order valence-electron chi connectivity index (χ4n) is 6.23. The van der Waals surface area contributed by atoms with Gasteiger partial charge in [-0.05, 0) is 73.8 Å². The van der Waals surface area contributed by atoms with Gasteiger partial charge in [0.25, 0.3) is 0 Å². The minimum absolute atomic E-state index is 0.0285. The standard InChI is InChI=1S/C20H28N2O/c1-13(2)18-15-8-14-9-16(18)12-20(10-14,11-15)22-19(23)21-17-6-4-3-5-7-17/h3-7,13-16,18H,8-12H2,1-2H3,(H2,21,22,23). The average molecular weight is 312 g/mol. The summed E-state index contributed by atoms with van der Waals surface area (Å²) in [7, 11) is 0. The Morgan fingerprint density at radius 2 is 1.74 bits per heavy atom. The lowest BCUT2D eigenvalue weighted by Gasteiger charge is -2.61. The zero-order valence-corrected chi connectivity index (χ0v) is 14.2. The van der Waals surface area contributed by atoms with Gasteiger partial charge in [-0.15, -0.1) is 0 Å². The van der Waals surface area contributed by atoms with Gasteiger partial charge in [-0.3, -0.25) is 0 Å². The Balaban J connectivity index is 1.46. The first kappa shape index (κ1) is 15.0. The third-order valence-corrected chi connectivity index (χ3v) is 6.53. The van der Waals surface area contributed by atoms with Crippen LogP contribution < -0.4 is 10.6 Å². The highest BCUT2D eigenvalue weighted by molar-refractivity contribution is 5.89. The number of carbonyl (C=O) groups excluding carboxylic acids is 1. The topological polar surface area (TPSA) is 41.1 Å². The van der Waals surface area contributed by atoms with Crippen LogP contribution in [0.5, 0.6) is 0 Å². The van der Waals surface area contributed by atoms with E-state index in [9.17, 15) is 4.79 Å². The second-order valence-corrected chi connectivity index (χ2v) is 8.52. The fourth-order valence-corrected chi connectivity index (χ4v) is 6.23. The quantitative estimate of drug-likeness (QED) is 0.837. The maximum atomic E-state index is 12.5. The number of rotatable bonds is 3. The van der Waals surface area contributed by atoms with Crippen molar-refractivity contribution in [3.8, 4) is 0 Å². The predicted octanol–water partition coefficient (Wildman–Crippen LogP) is 4.66. The molecule has 0 heterocycles. The van der Waals surface area contributed by atoms with E-state index in [1.807, 2.05) is 30.3 Å². The van der Waals surface area contributed by atoms with E-state index in [1.165, 1.54) is 32.1 Å². The van der Waals surface area contributed by atoms with Crippen LogP contribution in [0.2, 0.25) is 0 Å². The summed E-state index contributed by atoms with van der Waals surface area (Å²) in [5.41, 5.74) is 0.926. The SMILES string of the molecule is CC(C)C1C2CC3CC1CC(NC(=O)Nc1ccccc1)(C3)C2. The molecule has 2 N–H and O–H groups in total. The molecule has 4 bridgehead atoms. The Labute approximate surface area is 139 Å². The van der Waals surface area contributed by atoms with Crippen LogP contribution >= 0.6 is 0 Å². The number of para-hydroxylation sites is 1. The lowest BCUT2D eigenvalue weighted by molar-refractivity contribution is -0.0770. The van der Waals surface area contributed by atoms with Crippen molar-refractivity contribution in [2.45, 2.75) is 51.5 Å². The molecule has 4 aliphatic rings. The number of hydrogen-bond donors (Lipinski definition) is 2. The highest BCUT2D eigenvalue weighted by atomic mass is 16.2. The summed E-state index contributed by atoms with van der Waals surface area (Å²) in [6, 6.07) is 9.72. The average Bonchev–Trinajstić information content (AvgIpc) is 2.45. The summed E-state index contributed by atoms with van der Waals surface area (Å²) in [6.07, 6.45) is 6.34. The van der Waals surface area contributed by atoms with Crippen molar-refractivity contribution in [3.63, 3.8) is 0 Å². The molecular weight excluding hydrogens is 284 g/mol. The molecule has 2 amide bonds. The van der Waals surface area contributed by atoms with Crippen molar-refractivity contribution in [1.82, 2.24) is 5.32 Å². The first-order valence-electron chi connectivity index (χ1n) is 9.19. The zero-order chi connectivity index (χ0) is 16.0. The second-order valence-electron chi connectivity index (χ2n) is 8.52. The number of urea groups is 1. The maximum Gasteiger partial charge on any atom is 0.319 e. The van der Waals surface area contributed by atoms with Gasteiger partial charge in [0.05, 0.1) is 0 Å². The minimum Gasteiger partial charge on any atom is -0.332 e. The van der Waals surface area contributed by atoms with E-state index in [0.29, 0.717) is 0 Å². The monoisotopic (exact) mass is 312 g/mol. The van der Waals surface area contributed by atoms with Crippen LogP contribution in [0.3, 0.4) is 0 Å². The Hall–Kier alpha value is -1.51. The van der Waals surface area contributed by atoms with Crippen molar-refractivity contribution < 1.29 is 4.79 Å². The van der Waals surface area contributed by atoms with Crippen molar-refractivity contribution in [3.05, 3.63) is 30.3 Å². The van der Waals surface area contributed by atoms with E-state index in [4.69, 9.17) is 0 Å². The van der Waals surface area contributed by atoms with Gasteiger partial charge in [-0.2, -0.15) is 0 Å². The van der Waals surface area contributed by atoms with Crippen molar-refractivity contribution >= 4 is 11.7 Å². The van der Waals surface area contributed by atoms with Crippen LogP contribution in [0.1, 0.15) is 46.0 Å². The van der Waals surface area contributed by atoms with Gasteiger partial charge in [0.2, 0.25) is 0 Å². The number of benzene rings is 1. The van der Waals surface area contributed by atoms with Crippen molar-refractivity contribution in [1.29, 1.82) is 0 Å². The highest BCUT2D eigenvalue weighted by Crippen LogP contribution is 2.59. The predicted molar refractivity (Wildman–Crippen MR) is 93.2 cm³/mol.